The monoisotopic (exact) mass is 245 g/mol. The van der Waals surface area contributed by atoms with Crippen molar-refractivity contribution in [3.8, 4) is 0 Å². The fraction of sp³-hybridized carbons (Fsp3) is 0.667. The minimum atomic E-state index is -0.296. The Balaban J connectivity index is 2.59. The lowest BCUT2D eigenvalue weighted by Gasteiger charge is -2.09. The zero-order chi connectivity index (χ0) is 12.0. The third-order valence-electron chi connectivity index (χ3n) is 1.93. The van der Waals surface area contributed by atoms with Gasteiger partial charge in [0.1, 0.15) is 11.6 Å². The number of rotatable bonds is 6. The molecule has 6 nitrogen and oxygen atoms in total. The molecule has 0 aliphatic heterocycles. The average Bonchev–Trinajstić information content (AvgIpc) is 2.72. The summed E-state index contributed by atoms with van der Waals surface area (Å²) in [4.78, 5) is 11.2. The maximum absolute atomic E-state index is 11.2. The normalized spacial score (nSPS) is 12.4. The van der Waals surface area contributed by atoms with Crippen molar-refractivity contribution < 1.29 is 14.3 Å². The van der Waals surface area contributed by atoms with Gasteiger partial charge in [0.2, 0.25) is 0 Å². The van der Waals surface area contributed by atoms with Crippen LogP contribution < -0.4 is 0 Å². The molecule has 0 N–H and O–H groups in total. The Morgan fingerprint density at radius 2 is 2.38 bits per heavy atom. The molecule has 0 bridgehead atoms. The molecule has 0 amide bonds. The number of hydrogen-bond acceptors (Lipinski definition) is 6. The van der Waals surface area contributed by atoms with E-state index in [4.69, 9.17) is 4.74 Å². The van der Waals surface area contributed by atoms with Crippen molar-refractivity contribution in [3.05, 3.63) is 6.33 Å². The first kappa shape index (κ1) is 13.0. The largest absolute Gasteiger partial charge is 0.468 e. The smallest absolute Gasteiger partial charge is 0.318 e. The minimum absolute atomic E-state index is 0.272. The van der Waals surface area contributed by atoms with E-state index in [9.17, 15) is 4.79 Å². The lowest BCUT2D eigenvalue weighted by Crippen LogP contribution is -2.16. The first-order valence-corrected chi connectivity index (χ1v) is 5.68. The predicted octanol–water partition coefficient (Wildman–Crippen LogP) is 0.578. The number of methoxy groups -OCH3 is 2. The molecular weight excluding hydrogens is 230 g/mol. The van der Waals surface area contributed by atoms with Crippen LogP contribution in [-0.2, 0) is 20.8 Å². The van der Waals surface area contributed by atoms with Gasteiger partial charge in [-0.15, -0.1) is 10.2 Å². The van der Waals surface area contributed by atoms with Gasteiger partial charge in [0.15, 0.2) is 5.16 Å². The minimum Gasteiger partial charge on any atom is -0.468 e. The molecular formula is C9H15N3O3S. The van der Waals surface area contributed by atoms with E-state index in [-0.39, 0.29) is 11.2 Å². The van der Waals surface area contributed by atoms with E-state index in [1.54, 1.807) is 20.4 Å². The van der Waals surface area contributed by atoms with E-state index in [1.165, 1.54) is 18.9 Å². The van der Waals surface area contributed by atoms with Crippen molar-refractivity contribution in [1.82, 2.24) is 14.8 Å². The summed E-state index contributed by atoms with van der Waals surface area (Å²) in [7, 11) is 3.00. The molecule has 0 aliphatic rings. The number of aromatic nitrogens is 3. The predicted molar refractivity (Wildman–Crippen MR) is 59.2 cm³/mol. The molecule has 1 unspecified atom stereocenters. The Kier molecular flexibility index (Phi) is 5.27. The third-order valence-corrected chi connectivity index (χ3v) is 3.00. The fourth-order valence-electron chi connectivity index (χ4n) is 1.05. The average molecular weight is 245 g/mol. The van der Waals surface area contributed by atoms with Gasteiger partial charge in [-0.3, -0.25) is 4.79 Å². The number of nitrogens with zero attached hydrogens (tertiary/aromatic N) is 3. The summed E-state index contributed by atoms with van der Waals surface area (Å²) in [5.41, 5.74) is 0. The molecule has 1 aromatic rings. The molecule has 1 aromatic heterocycles. The summed E-state index contributed by atoms with van der Waals surface area (Å²) < 4.78 is 11.4. The number of thioether (sulfide) groups is 1. The van der Waals surface area contributed by atoms with E-state index < -0.39 is 0 Å². The molecule has 0 spiro atoms. The standard InChI is InChI=1S/C9H15N3O3S/c1-7(8(13)15-3)16-9-11-10-6-12(9)4-5-14-2/h6-7H,4-5H2,1-3H3. The second kappa shape index (κ2) is 6.49. The van der Waals surface area contributed by atoms with Gasteiger partial charge in [-0.25, -0.2) is 0 Å². The Morgan fingerprint density at radius 1 is 1.62 bits per heavy atom. The van der Waals surface area contributed by atoms with Crippen LogP contribution in [0.3, 0.4) is 0 Å². The van der Waals surface area contributed by atoms with Crippen LogP contribution in [0.1, 0.15) is 6.92 Å². The summed E-state index contributed by atoms with van der Waals surface area (Å²) in [5.74, 6) is -0.272. The molecule has 0 fully saturated rings. The lowest BCUT2D eigenvalue weighted by molar-refractivity contribution is -0.139. The van der Waals surface area contributed by atoms with Crippen LogP contribution in [0.25, 0.3) is 0 Å². The third kappa shape index (κ3) is 3.49. The number of esters is 1. The van der Waals surface area contributed by atoms with Crippen molar-refractivity contribution in [1.29, 1.82) is 0 Å². The highest BCUT2D eigenvalue weighted by Crippen LogP contribution is 2.21. The van der Waals surface area contributed by atoms with Gasteiger partial charge in [-0.1, -0.05) is 11.8 Å². The zero-order valence-electron chi connectivity index (χ0n) is 9.54. The summed E-state index contributed by atoms with van der Waals surface area (Å²) in [6.45, 7) is 3.02. The van der Waals surface area contributed by atoms with Gasteiger partial charge in [0.25, 0.3) is 0 Å². The molecule has 1 rings (SSSR count). The molecule has 1 heterocycles. The molecule has 16 heavy (non-hydrogen) atoms. The van der Waals surface area contributed by atoms with Gasteiger partial charge in [0.05, 0.1) is 13.7 Å². The van der Waals surface area contributed by atoms with Crippen LogP contribution in [0.15, 0.2) is 11.5 Å². The molecule has 0 radical (unpaired) electrons. The van der Waals surface area contributed by atoms with Gasteiger partial charge < -0.3 is 14.0 Å². The van der Waals surface area contributed by atoms with Crippen LogP contribution in [0, 0.1) is 0 Å². The van der Waals surface area contributed by atoms with Gasteiger partial charge in [0, 0.05) is 13.7 Å². The summed E-state index contributed by atoms with van der Waals surface area (Å²) in [5, 5.41) is 8.13. The van der Waals surface area contributed by atoms with Crippen molar-refractivity contribution in [2.75, 3.05) is 20.8 Å². The highest BCUT2D eigenvalue weighted by molar-refractivity contribution is 8.00. The molecule has 7 heteroatoms. The number of carbonyl (C=O) groups is 1. The van der Waals surface area contributed by atoms with Crippen LogP contribution in [-0.4, -0.2) is 46.8 Å². The maximum Gasteiger partial charge on any atom is 0.318 e. The summed E-state index contributed by atoms with van der Waals surface area (Å²) >= 11 is 1.32. The number of ether oxygens (including phenoxy) is 2. The first-order chi connectivity index (χ1) is 7.69. The highest BCUT2D eigenvalue weighted by atomic mass is 32.2. The number of hydrogen-bond donors (Lipinski definition) is 0. The Labute approximate surface area is 98.3 Å². The van der Waals surface area contributed by atoms with Crippen molar-refractivity contribution in [2.24, 2.45) is 0 Å². The molecule has 0 aromatic carbocycles. The first-order valence-electron chi connectivity index (χ1n) is 4.80. The van der Waals surface area contributed by atoms with Crippen LogP contribution in [0.4, 0.5) is 0 Å². The van der Waals surface area contributed by atoms with E-state index >= 15 is 0 Å². The van der Waals surface area contributed by atoms with Crippen molar-refractivity contribution in [3.63, 3.8) is 0 Å². The molecule has 90 valence electrons. The fourth-order valence-corrected chi connectivity index (χ4v) is 1.93. The highest BCUT2D eigenvalue weighted by Gasteiger charge is 2.17. The Bertz CT molecular complexity index is 342. The van der Waals surface area contributed by atoms with Crippen LogP contribution in [0.2, 0.25) is 0 Å². The Morgan fingerprint density at radius 3 is 3.00 bits per heavy atom. The van der Waals surface area contributed by atoms with E-state index in [0.717, 1.165) is 0 Å². The topological polar surface area (TPSA) is 66.2 Å². The summed E-state index contributed by atoms with van der Waals surface area (Å²) in [6.07, 6.45) is 1.62. The van der Waals surface area contributed by atoms with Gasteiger partial charge >= 0.3 is 5.97 Å². The molecule has 0 aliphatic carbocycles. The van der Waals surface area contributed by atoms with Crippen LogP contribution >= 0.6 is 11.8 Å². The number of carbonyl (C=O) groups excluding carboxylic acids is 1. The molecule has 1 atom stereocenters. The molecule has 0 saturated heterocycles. The van der Waals surface area contributed by atoms with Crippen molar-refractivity contribution >= 4 is 17.7 Å². The van der Waals surface area contributed by atoms with Gasteiger partial charge in [-0.05, 0) is 6.92 Å². The molecule has 0 saturated carbocycles. The Hall–Kier alpha value is -1.08. The zero-order valence-corrected chi connectivity index (χ0v) is 10.4. The second-order valence-electron chi connectivity index (χ2n) is 3.08. The lowest BCUT2D eigenvalue weighted by atomic mass is 10.5. The van der Waals surface area contributed by atoms with E-state index in [2.05, 4.69) is 14.9 Å². The quantitative estimate of drug-likeness (QED) is 0.539. The van der Waals surface area contributed by atoms with E-state index in [1.807, 2.05) is 4.57 Å². The van der Waals surface area contributed by atoms with Crippen LogP contribution in [0.5, 0.6) is 0 Å². The summed E-state index contributed by atoms with van der Waals surface area (Å²) in [6, 6.07) is 0. The maximum atomic E-state index is 11.2. The second-order valence-corrected chi connectivity index (χ2v) is 4.39. The SMILES string of the molecule is COCCn1cnnc1SC(C)C(=O)OC. The van der Waals surface area contributed by atoms with Gasteiger partial charge in [-0.2, -0.15) is 0 Å². The van der Waals surface area contributed by atoms with E-state index in [0.29, 0.717) is 18.3 Å². The van der Waals surface area contributed by atoms with Crippen molar-refractivity contribution in [2.45, 2.75) is 23.9 Å².